The molecule has 0 bridgehead atoms. The van der Waals surface area contributed by atoms with E-state index >= 15 is 0 Å². The third kappa shape index (κ3) is 5.23. The molecule has 0 aromatic carbocycles. The number of hydrogen-bond acceptors (Lipinski definition) is 5. The van der Waals surface area contributed by atoms with Crippen molar-refractivity contribution < 1.29 is 30.9 Å². The summed E-state index contributed by atoms with van der Waals surface area (Å²) >= 11 is 5.70. The molecule has 1 saturated heterocycles. The highest BCUT2D eigenvalue weighted by molar-refractivity contribution is 7.86. The Hall–Kier alpha value is -1.17. The van der Waals surface area contributed by atoms with Crippen LogP contribution in [0.1, 0.15) is 25.5 Å². The van der Waals surface area contributed by atoms with Gasteiger partial charge in [-0.05, 0) is 25.3 Å². The summed E-state index contributed by atoms with van der Waals surface area (Å²) in [6.07, 6.45) is 4.21. The Morgan fingerprint density at radius 2 is 2.00 bits per heavy atom. The Balaban J connectivity index is 0.000000261. The van der Waals surface area contributed by atoms with Crippen molar-refractivity contribution in [3.63, 3.8) is 0 Å². The Morgan fingerprint density at radius 1 is 1.41 bits per heavy atom. The highest BCUT2D eigenvalue weighted by atomic mass is 35.5. The second kappa shape index (κ2) is 7.40. The lowest BCUT2D eigenvalue weighted by Gasteiger charge is -2.23. The van der Waals surface area contributed by atoms with Gasteiger partial charge in [0.25, 0.3) is 5.56 Å². The van der Waals surface area contributed by atoms with Gasteiger partial charge in [-0.3, -0.25) is 9.35 Å². The van der Waals surface area contributed by atoms with Gasteiger partial charge in [0.1, 0.15) is 5.02 Å². The summed E-state index contributed by atoms with van der Waals surface area (Å²) in [4.78, 5) is 11.6. The standard InChI is InChI=1S/C9H11ClN2O2.CHF3O3S/c10-7-4-5-11-12(9(7)13)8-3-1-2-6-14-8;2-1(3,4)8(5,6)7/h4-5,8H,1-3,6H2;(H,5,6,7). The summed E-state index contributed by atoms with van der Waals surface area (Å²) in [5.74, 6) is 0. The largest absolute Gasteiger partial charge is 0.522 e. The minimum atomic E-state index is -5.84. The molecule has 1 atom stereocenters. The predicted octanol–water partition coefficient (Wildman–Crippen LogP) is 1.99. The average molecular weight is 365 g/mol. The van der Waals surface area contributed by atoms with Crippen LogP contribution in [0.3, 0.4) is 0 Å². The SMILES string of the molecule is O=S(=O)(O)C(F)(F)F.O=c1c(Cl)ccnn1C1CCCCO1. The van der Waals surface area contributed by atoms with Gasteiger partial charge in [-0.15, -0.1) is 0 Å². The summed E-state index contributed by atoms with van der Waals surface area (Å²) in [5, 5.41) is 4.15. The van der Waals surface area contributed by atoms with E-state index in [-0.39, 0.29) is 16.8 Å². The smallest absolute Gasteiger partial charge is 0.356 e. The van der Waals surface area contributed by atoms with E-state index < -0.39 is 15.6 Å². The van der Waals surface area contributed by atoms with Crippen LogP contribution in [-0.2, 0) is 14.9 Å². The van der Waals surface area contributed by atoms with Crippen LogP contribution in [0.15, 0.2) is 17.1 Å². The van der Waals surface area contributed by atoms with Crippen LogP contribution >= 0.6 is 11.6 Å². The van der Waals surface area contributed by atoms with Gasteiger partial charge in [0, 0.05) is 12.8 Å². The lowest BCUT2D eigenvalue weighted by atomic mass is 10.2. The van der Waals surface area contributed by atoms with Crippen molar-refractivity contribution in [2.24, 2.45) is 0 Å². The topological polar surface area (TPSA) is 98.5 Å². The van der Waals surface area contributed by atoms with Crippen LogP contribution in [0, 0.1) is 0 Å². The van der Waals surface area contributed by atoms with Gasteiger partial charge in [-0.1, -0.05) is 11.6 Å². The molecule has 1 unspecified atom stereocenters. The number of hydrogen-bond donors (Lipinski definition) is 1. The molecule has 126 valence electrons. The Labute approximate surface area is 128 Å². The van der Waals surface area contributed by atoms with Crippen LogP contribution in [0.5, 0.6) is 0 Å². The number of aromatic nitrogens is 2. The van der Waals surface area contributed by atoms with E-state index in [2.05, 4.69) is 5.10 Å². The summed E-state index contributed by atoms with van der Waals surface area (Å²) in [7, 11) is -5.84. The zero-order valence-corrected chi connectivity index (χ0v) is 12.5. The molecule has 0 spiro atoms. The molecule has 1 aliphatic rings. The predicted molar refractivity (Wildman–Crippen MR) is 70.0 cm³/mol. The molecule has 7 nitrogen and oxygen atoms in total. The van der Waals surface area contributed by atoms with E-state index in [1.165, 1.54) is 16.9 Å². The molecular weight excluding hydrogens is 353 g/mol. The molecule has 2 rings (SSSR count). The van der Waals surface area contributed by atoms with Crippen molar-refractivity contribution >= 4 is 21.7 Å². The van der Waals surface area contributed by atoms with Crippen LogP contribution in [0.25, 0.3) is 0 Å². The molecule has 0 aliphatic carbocycles. The lowest BCUT2D eigenvalue weighted by molar-refractivity contribution is -0.0510. The highest BCUT2D eigenvalue weighted by Gasteiger charge is 2.44. The van der Waals surface area contributed by atoms with Crippen molar-refractivity contribution in [2.45, 2.75) is 31.0 Å². The number of alkyl halides is 3. The maximum Gasteiger partial charge on any atom is 0.522 e. The fraction of sp³-hybridized carbons (Fsp3) is 0.600. The van der Waals surface area contributed by atoms with E-state index in [9.17, 15) is 18.0 Å². The van der Waals surface area contributed by atoms with Crippen LogP contribution in [0.4, 0.5) is 13.2 Å². The van der Waals surface area contributed by atoms with Crippen molar-refractivity contribution in [3.05, 3.63) is 27.6 Å². The fourth-order valence-electron chi connectivity index (χ4n) is 1.53. The lowest BCUT2D eigenvalue weighted by Crippen LogP contribution is -2.30. The molecule has 22 heavy (non-hydrogen) atoms. The number of halogens is 4. The maximum absolute atomic E-state index is 11.6. The first-order valence-electron chi connectivity index (χ1n) is 5.92. The molecule has 1 fully saturated rings. The first-order chi connectivity index (χ1) is 10.0. The minimum Gasteiger partial charge on any atom is -0.356 e. The zero-order chi connectivity index (χ0) is 17.0. The van der Waals surface area contributed by atoms with Crippen LogP contribution in [0.2, 0.25) is 5.02 Å². The van der Waals surface area contributed by atoms with Crippen molar-refractivity contribution in [3.8, 4) is 0 Å². The molecular formula is C10H12ClF3N2O5S. The van der Waals surface area contributed by atoms with Crippen molar-refractivity contribution in [1.82, 2.24) is 9.78 Å². The molecule has 12 heteroatoms. The third-order valence-corrected chi connectivity index (χ3v) is 3.42. The summed E-state index contributed by atoms with van der Waals surface area (Å²) < 4.78 is 64.3. The van der Waals surface area contributed by atoms with Gasteiger partial charge in [0.15, 0.2) is 6.23 Å². The monoisotopic (exact) mass is 364 g/mol. The highest BCUT2D eigenvalue weighted by Crippen LogP contribution is 2.21. The van der Waals surface area contributed by atoms with Gasteiger partial charge < -0.3 is 4.74 Å². The number of ether oxygens (including phenoxy) is 1. The molecule has 1 aliphatic heterocycles. The zero-order valence-electron chi connectivity index (χ0n) is 11.0. The molecule has 0 amide bonds. The first-order valence-corrected chi connectivity index (χ1v) is 7.74. The quantitative estimate of drug-likeness (QED) is 0.604. The van der Waals surface area contributed by atoms with E-state index in [4.69, 9.17) is 29.3 Å². The Kier molecular flexibility index (Phi) is 6.35. The van der Waals surface area contributed by atoms with E-state index in [0.717, 1.165) is 19.3 Å². The van der Waals surface area contributed by atoms with E-state index in [0.29, 0.717) is 6.61 Å². The normalized spacial score (nSPS) is 19.2. The number of nitrogens with zero attached hydrogens (tertiary/aromatic N) is 2. The second-order valence-corrected chi connectivity index (χ2v) is 5.99. The van der Waals surface area contributed by atoms with E-state index in [1.807, 2.05) is 0 Å². The van der Waals surface area contributed by atoms with Crippen molar-refractivity contribution in [1.29, 1.82) is 0 Å². The maximum atomic E-state index is 11.6. The van der Waals surface area contributed by atoms with Gasteiger partial charge in [-0.2, -0.15) is 31.4 Å². The van der Waals surface area contributed by atoms with E-state index in [1.54, 1.807) is 0 Å². The van der Waals surface area contributed by atoms with Crippen LogP contribution < -0.4 is 5.56 Å². The van der Waals surface area contributed by atoms with Gasteiger partial charge in [0.05, 0.1) is 0 Å². The third-order valence-electron chi connectivity index (χ3n) is 2.55. The first kappa shape index (κ1) is 18.9. The molecule has 0 radical (unpaired) electrons. The second-order valence-electron chi connectivity index (χ2n) is 4.17. The van der Waals surface area contributed by atoms with Crippen molar-refractivity contribution in [2.75, 3.05) is 6.61 Å². The average Bonchev–Trinajstić information content (AvgIpc) is 2.41. The number of rotatable bonds is 1. The summed E-state index contributed by atoms with van der Waals surface area (Å²) in [6, 6.07) is 1.49. The molecule has 1 aromatic heterocycles. The summed E-state index contributed by atoms with van der Waals surface area (Å²) in [5.41, 5.74) is -5.81. The van der Waals surface area contributed by atoms with Gasteiger partial charge in [0.2, 0.25) is 0 Å². The Bertz CT molecular complexity index is 655. The Morgan fingerprint density at radius 3 is 2.45 bits per heavy atom. The van der Waals surface area contributed by atoms with Crippen LogP contribution in [-0.4, -0.2) is 34.9 Å². The molecule has 1 aromatic rings. The van der Waals surface area contributed by atoms with Gasteiger partial charge in [-0.25, -0.2) is 0 Å². The fourth-order valence-corrected chi connectivity index (χ4v) is 1.67. The minimum absolute atomic E-state index is 0.189. The summed E-state index contributed by atoms with van der Waals surface area (Å²) in [6.45, 7) is 0.686. The van der Waals surface area contributed by atoms with Gasteiger partial charge >= 0.3 is 15.6 Å². The molecule has 0 saturated carbocycles. The molecule has 2 heterocycles. The molecule has 1 N–H and O–H groups in total.